The number of unbranched alkanes of at least 4 members (excludes halogenated alkanes) is 38. The predicted octanol–water partition coefficient (Wildman–Crippen LogP) is 21.0. The normalized spacial score (nSPS) is 12.3. The number of hydrogen-bond acceptors (Lipinski definition) is 6. The summed E-state index contributed by atoms with van der Waals surface area (Å²) in [6.45, 7) is 6.55. The third-order valence-corrected chi connectivity index (χ3v) is 13.8. The maximum Gasteiger partial charge on any atom is 0.306 e. The van der Waals surface area contributed by atoms with E-state index in [1.165, 1.54) is 193 Å². The van der Waals surface area contributed by atoms with Gasteiger partial charge in [0, 0.05) is 19.3 Å². The highest BCUT2D eigenvalue weighted by Gasteiger charge is 2.19. The first-order valence-electron chi connectivity index (χ1n) is 31.1. The van der Waals surface area contributed by atoms with Crippen molar-refractivity contribution >= 4 is 17.9 Å². The van der Waals surface area contributed by atoms with Crippen molar-refractivity contribution in [2.75, 3.05) is 13.2 Å². The molecule has 0 aliphatic carbocycles. The number of rotatable bonds is 57. The number of carbonyl (C=O) groups excluding carboxylic acids is 3. The van der Waals surface area contributed by atoms with Gasteiger partial charge in [0.2, 0.25) is 0 Å². The lowest BCUT2D eigenvalue weighted by atomic mass is 10.0. The minimum Gasteiger partial charge on any atom is -0.462 e. The summed E-state index contributed by atoms with van der Waals surface area (Å²) in [5.41, 5.74) is 0. The first-order valence-corrected chi connectivity index (χ1v) is 31.1. The minimum atomic E-state index is -0.783. The van der Waals surface area contributed by atoms with Crippen molar-refractivity contribution in [3.05, 3.63) is 48.6 Å². The van der Waals surface area contributed by atoms with Gasteiger partial charge in [0.1, 0.15) is 13.2 Å². The molecule has 71 heavy (non-hydrogen) atoms. The summed E-state index contributed by atoms with van der Waals surface area (Å²) in [7, 11) is 0. The molecule has 0 fully saturated rings. The first kappa shape index (κ1) is 68.4. The van der Waals surface area contributed by atoms with E-state index in [1.807, 2.05) is 0 Å². The summed E-state index contributed by atoms with van der Waals surface area (Å²) in [6, 6.07) is 0. The van der Waals surface area contributed by atoms with E-state index in [4.69, 9.17) is 14.2 Å². The van der Waals surface area contributed by atoms with Gasteiger partial charge in [-0.2, -0.15) is 0 Å². The van der Waals surface area contributed by atoms with Gasteiger partial charge in [-0.25, -0.2) is 0 Å². The summed E-state index contributed by atoms with van der Waals surface area (Å²) in [5, 5.41) is 0. The van der Waals surface area contributed by atoms with Gasteiger partial charge in [-0.3, -0.25) is 14.4 Å². The predicted molar refractivity (Wildman–Crippen MR) is 307 cm³/mol. The average Bonchev–Trinajstić information content (AvgIpc) is 3.37. The summed E-state index contributed by atoms with van der Waals surface area (Å²) in [4.78, 5) is 38.2. The van der Waals surface area contributed by atoms with Crippen LogP contribution in [0.3, 0.4) is 0 Å². The van der Waals surface area contributed by atoms with Gasteiger partial charge in [-0.15, -0.1) is 0 Å². The van der Waals surface area contributed by atoms with Crippen molar-refractivity contribution in [1.29, 1.82) is 0 Å². The van der Waals surface area contributed by atoms with Crippen molar-refractivity contribution in [2.24, 2.45) is 0 Å². The molecule has 414 valence electrons. The molecule has 0 aliphatic rings. The smallest absolute Gasteiger partial charge is 0.306 e. The second-order valence-electron chi connectivity index (χ2n) is 21.0. The van der Waals surface area contributed by atoms with Crippen LogP contribution in [0.2, 0.25) is 0 Å². The maximum atomic E-state index is 12.9. The van der Waals surface area contributed by atoms with Crippen LogP contribution in [0.1, 0.15) is 329 Å². The van der Waals surface area contributed by atoms with Crippen LogP contribution in [-0.2, 0) is 28.6 Å². The fourth-order valence-corrected chi connectivity index (χ4v) is 9.20. The third kappa shape index (κ3) is 58.1. The van der Waals surface area contributed by atoms with Crippen LogP contribution in [0.4, 0.5) is 0 Å². The van der Waals surface area contributed by atoms with E-state index in [2.05, 4.69) is 69.4 Å². The SMILES string of the molecule is CC/C=C\C/C=C\C/C=C\C/C=C\CCCCCCC(=O)OC(COC(=O)CCCCCCCCCCCCCC)COC(=O)CCCCCCCCCCCCCCCCCCCCCCCCCC. The Labute approximate surface area is 441 Å². The highest BCUT2D eigenvalue weighted by molar-refractivity contribution is 5.71. The summed E-state index contributed by atoms with van der Waals surface area (Å²) < 4.78 is 16.9. The van der Waals surface area contributed by atoms with Crippen molar-refractivity contribution in [3.63, 3.8) is 0 Å². The molecular weight excluding hydrogens is 877 g/mol. The van der Waals surface area contributed by atoms with Gasteiger partial charge in [0.25, 0.3) is 0 Å². The lowest BCUT2D eigenvalue weighted by molar-refractivity contribution is -0.167. The van der Waals surface area contributed by atoms with Gasteiger partial charge in [-0.1, -0.05) is 301 Å². The standard InChI is InChI=1S/C65H118O6/c1-4-7-10-13-16-19-22-25-27-29-30-31-32-33-34-35-37-38-40-43-46-49-52-55-58-64(67)70-61-62(60-69-63(66)57-54-51-48-45-42-24-21-18-15-12-9-6-3)71-65(68)59-56-53-50-47-44-41-39-36-28-26-23-20-17-14-11-8-5-2/h8,11,17,20,26,28,39,41,62H,4-7,9-10,12-16,18-19,21-25,27,29-38,40,42-61H2,1-3H3/b11-8-,20-17-,28-26-,41-39-. The fourth-order valence-electron chi connectivity index (χ4n) is 9.20. The van der Waals surface area contributed by atoms with Gasteiger partial charge in [-0.05, 0) is 57.8 Å². The molecule has 0 spiro atoms. The van der Waals surface area contributed by atoms with Gasteiger partial charge >= 0.3 is 17.9 Å². The second-order valence-corrected chi connectivity index (χ2v) is 21.0. The zero-order valence-corrected chi connectivity index (χ0v) is 47.5. The molecule has 0 saturated carbocycles. The highest BCUT2D eigenvalue weighted by Crippen LogP contribution is 2.18. The molecule has 0 aromatic carbocycles. The number of carbonyl (C=O) groups is 3. The Morgan fingerprint density at radius 2 is 0.549 bits per heavy atom. The van der Waals surface area contributed by atoms with Crippen LogP contribution < -0.4 is 0 Å². The van der Waals surface area contributed by atoms with Crippen molar-refractivity contribution in [1.82, 2.24) is 0 Å². The maximum absolute atomic E-state index is 12.9. The van der Waals surface area contributed by atoms with E-state index in [0.29, 0.717) is 19.3 Å². The van der Waals surface area contributed by atoms with Crippen molar-refractivity contribution < 1.29 is 28.6 Å². The Morgan fingerprint density at radius 3 is 0.859 bits per heavy atom. The molecule has 0 saturated heterocycles. The molecular formula is C65H118O6. The lowest BCUT2D eigenvalue weighted by Crippen LogP contribution is -2.30. The third-order valence-electron chi connectivity index (χ3n) is 13.8. The molecule has 6 heteroatoms. The van der Waals surface area contributed by atoms with Crippen molar-refractivity contribution in [3.8, 4) is 0 Å². The molecule has 0 N–H and O–H groups in total. The summed E-state index contributed by atoms with van der Waals surface area (Å²) >= 11 is 0. The molecule has 0 aliphatic heterocycles. The second kappa shape index (κ2) is 59.9. The molecule has 1 atom stereocenters. The van der Waals surface area contributed by atoms with E-state index in [1.54, 1.807) is 0 Å². The van der Waals surface area contributed by atoms with E-state index < -0.39 is 6.10 Å². The monoisotopic (exact) mass is 995 g/mol. The number of ether oxygens (including phenoxy) is 3. The number of hydrogen-bond donors (Lipinski definition) is 0. The van der Waals surface area contributed by atoms with Gasteiger partial charge in [0.15, 0.2) is 6.10 Å². The van der Waals surface area contributed by atoms with E-state index in [-0.39, 0.29) is 31.1 Å². The number of allylic oxidation sites excluding steroid dienone is 8. The van der Waals surface area contributed by atoms with E-state index in [9.17, 15) is 14.4 Å². The molecule has 1 unspecified atom stereocenters. The minimum absolute atomic E-state index is 0.0786. The van der Waals surface area contributed by atoms with Crippen LogP contribution >= 0.6 is 0 Å². The summed E-state index contributed by atoms with van der Waals surface area (Å²) in [5.74, 6) is -0.883. The fraction of sp³-hybridized carbons (Fsp3) is 0.831. The number of esters is 3. The Bertz CT molecular complexity index is 1230. The largest absolute Gasteiger partial charge is 0.462 e. The molecule has 0 amide bonds. The van der Waals surface area contributed by atoms with Gasteiger partial charge in [0.05, 0.1) is 0 Å². The molecule has 0 radical (unpaired) electrons. The first-order chi connectivity index (χ1) is 35.0. The highest BCUT2D eigenvalue weighted by atomic mass is 16.6. The molecule has 6 nitrogen and oxygen atoms in total. The summed E-state index contributed by atoms with van der Waals surface area (Å²) in [6.07, 6.45) is 74.1. The molecule has 0 bridgehead atoms. The topological polar surface area (TPSA) is 78.9 Å². The Morgan fingerprint density at radius 1 is 0.296 bits per heavy atom. The molecule has 0 rings (SSSR count). The van der Waals surface area contributed by atoms with E-state index >= 15 is 0 Å². The van der Waals surface area contributed by atoms with Crippen LogP contribution in [-0.4, -0.2) is 37.2 Å². The zero-order valence-electron chi connectivity index (χ0n) is 47.5. The van der Waals surface area contributed by atoms with Crippen LogP contribution in [0.25, 0.3) is 0 Å². The Kier molecular flexibility index (Phi) is 57.7. The van der Waals surface area contributed by atoms with Crippen LogP contribution in [0, 0.1) is 0 Å². The molecule has 0 aromatic heterocycles. The Hall–Kier alpha value is -2.63. The van der Waals surface area contributed by atoms with E-state index in [0.717, 1.165) is 96.3 Å². The van der Waals surface area contributed by atoms with Crippen LogP contribution in [0.15, 0.2) is 48.6 Å². The lowest BCUT2D eigenvalue weighted by Gasteiger charge is -2.18. The average molecular weight is 996 g/mol. The van der Waals surface area contributed by atoms with Crippen LogP contribution in [0.5, 0.6) is 0 Å². The molecule has 0 aromatic rings. The van der Waals surface area contributed by atoms with Gasteiger partial charge < -0.3 is 14.2 Å². The molecule has 0 heterocycles. The van der Waals surface area contributed by atoms with Crippen molar-refractivity contribution in [2.45, 2.75) is 335 Å². The Balaban J connectivity index is 4.26. The quantitative estimate of drug-likeness (QED) is 0.0261. The zero-order chi connectivity index (χ0) is 51.4.